The summed E-state index contributed by atoms with van der Waals surface area (Å²) >= 11 is 4.51. The Balaban J connectivity index is 1.92. The third-order valence-corrected chi connectivity index (χ3v) is 7.72. The molecule has 1 N–H and O–H groups in total. The van der Waals surface area contributed by atoms with Crippen molar-refractivity contribution in [3.63, 3.8) is 0 Å². The lowest BCUT2D eigenvalue weighted by atomic mass is 10.1. The van der Waals surface area contributed by atoms with E-state index in [1.165, 1.54) is 30.6 Å². The summed E-state index contributed by atoms with van der Waals surface area (Å²) in [6, 6.07) is 13.1. The number of carboxylic acids is 1. The summed E-state index contributed by atoms with van der Waals surface area (Å²) in [5.74, 6) is -1.01. The number of thiophene rings is 1. The molecule has 0 radical (unpaired) electrons. The number of carbonyl (C=O) groups is 1. The Hall–Kier alpha value is -2.49. The quantitative estimate of drug-likeness (QED) is 0.483. The van der Waals surface area contributed by atoms with Crippen molar-refractivity contribution in [3.8, 4) is 10.4 Å². The fourth-order valence-corrected chi connectivity index (χ4v) is 5.86. The molecule has 3 heterocycles. The molecule has 1 aromatic carbocycles. The van der Waals surface area contributed by atoms with Crippen LogP contribution >= 0.6 is 27.3 Å². The van der Waals surface area contributed by atoms with Crippen molar-refractivity contribution in [2.24, 2.45) is 0 Å². The van der Waals surface area contributed by atoms with E-state index in [1.54, 1.807) is 30.3 Å². The molecule has 4 rings (SSSR count). The Morgan fingerprint density at radius 2 is 1.89 bits per heavy atom. The summed E-state index contributed by atoms with van der Waals surface area (Å²) in [6.45, 7) is 0. The molecule has 0 saturated carbocycles. The van der Waals surface area contributed by atoms with Crippen LogP contribution in [0.15, 0.2) is 70.3 Å². The number of aromatic carboxylic acids is 1. The average molecular weight is 463 g/mol. The second kappa shape index (κ2) is 6.59. The van der Waals surface area contributed by atoms with Gasteiger partial charge in [0.1, 0.15) is 4.88 Å². The van der Waals surface area contributed by atoms with Crippen molar-refractivity contribution >= 4 is 54.3 Å². The Morgan fingerprint density at radius 1 is 1.15 bits per heavy atom. The molecule has 0 spiro atoms. The van der Waals surface area contributed by atoms with E-state index >= 15 is 0 Å². The minimum atomic E-state index is -3.79. The van der Waals surface area contributed by atoms with Gasteiger partial charge in [-0.25, -0.2) is 22.2 Å². The second-order valence-electron chi connectivity index (χ2n) is 5.62. The fraction of sp³-hybridized carbons (Fsp3) is 0. The number of fused-ring (bicyclic) bond motifs is 1. The molecular formula is C18H11BrN2O4S2. The summed E-state index contributed by atoms with van der Waals surface area (Å²) in [5.41, 5.74) is 1.000. The summed E-state index contributed by atoms with van der Waals surface area (Å²) in [7, 11) is -3.79. The topological polar surface area (TPSA) is 89.3 Å². The van der Waals surface area contributed by atoms with Crippen molar-refractivity contribution in [1.82, 2.24) is 8.96 Å². The Bertz CT molecular complexity index is 1280. The van der Waals surface area contributed by atoms with E-state index < -0.39 is 16.0 Å². The van der Waals surface area contributed by atoms with E-state index in [0.29, 0.717) is 20.3 Å². The molecule has 0 saturated heterocycles. The first kappa shape index (κ1) is 17.9. The summed E-state index contributed by atoms with van der Waals surface area (Å²) < 4.78 is 27.7. The van der Waals surface area contributed by atoms with Gasteiger partial charge in [0.15, 0.2) is 5.65 Å². The Kier molecular flexibility index (Phi) is 4.37. The molecule has 9 heteroatoms. The number of halogens is 1. The van der Waals surface area contributed by atoms with Crippen LogP contribution in [-0.4, -0.2) is 28.5 Å². The molecule has 6 nitrogen and oxygen atoms in total. The van der Waals surface area contributed by atoms with Gasteiger partial charge in [0, 0.05) is 27.8 Å². The molecule has 0 atom stereocenters. The lowest BCUT2D eigenvalue weighted by Gasteiger charge is -2.07. The van der Waals surface area contributed by atoms with Gasteiger partial charge in [-0.2, -0.15) is 0 Å². The molecule has 0 aliphatic heterocycles. The number of hydrogen-bond acceptors (Lipinski definition) is 5. The van der Waals surface area contributed by atoms with E-state index in [2.05, 4.69) is 20.9 Å². The molecule has 0 fully saturated rings. The van der Waals surface area contributed by atoms with Gasteiger partial charge < -0.3 is 5.11 Å². The lowest BCUT2D eigenvalue weighted by molar-refractivity contribution is 0.0702. The molecule has 0 unspecified atom stereocenters. The second-order valence-corrected chi connectivity index (χ2v) is 9.34. The highest BCUT2D eigenvalue weighted by molar-refractivity contribution is 9.10. The van der Waals surface area contributed by atoms with Gasteiger partial charge >= 0.3 is 5.97 Å². The van der Waals surface area contributed by atoms with Crippen LogP contribution in [0.5, 0.6) is 0 Å². The predicted molar refractivity (Wildman–Crippen MR) is 107 cm³/mol. The summed E-state index contributed by atoms with van der Waals surface area (Å²) in [6.07, 6.45) is 2.98. The molecule has 4 aromatic rings. The molecule has 0 aliphatic carbocycles. The van der Waals surface area contributed by atoms with E-state index in [1.807, 2.05) is 0 Å². The normalized spacial score (nSPS) is 11.7. The fourth-order valence-electron chi connectivity index (χ4n) is 2.77. The molecule has 136 valence electrons. The lowest BCUT2D eigenvalue weighted by Crippen LogP contribution is -2.12. The summed E-state index contributed by atoms with van der Waals surface area (Å²) in [4.78, 5) is 16.6. The van der Waals surface area contributed by atoms with Crippen molar-refractivity contribution < 1.29 is 18.3 Å². The monoisotopic (exact) mass is 462 g/mol. The molecule has 27 heavy (non-hydrogen) atoms. The summed E-state index contributed by atoms with van der Waals surface area (Å²) in [5, 5.41) is 9.84. The number of rotatable bonds is 4. The number of carboxylic acid groups (broad SMARTS) is 1. The van der Waals surface area contributed by atoms with Gasteiger partial charge in [-0.05, 0) is 46.3 Å². The average Bonchev–Trinajstić information content (AvgIpc) is 3.26. The van der Waals surface area contributed by atoms with Crippen LogP contribution in [0.25, 0.3) is 21.5 Å². The zero-order valence-corrected chi connectivity index (χ0v) is 16.8. The van der Waals surface area contributed by atoms with E-state index in [0.717, 1.165) is 15.3 Å². The first-order valence-electron chi connectivity index (χ1n) is 7.69. The van der Waals surface area contributed by atoms with E-state index in [4.69, 9.17) is 0 Å². The number of benzene rings is 1. The maximum atomic E-state index is 13.0. The van der Waals surface area contributed by atoms with E-state index in [9.17, 15) is 18.3 Å². The standard InChI is InChI=1S/C18H11BrN2O4S2/c19-14-10-15(18(22)23)26-16(14)12-6-8-20-17-13(12)7-9-21(17)27(24,25)11-4-2-1-3-5-11/h1-10H,(H,22,23). The SMILES string of the molecule is O=C(O)c1cc(Br)c(-c2ccnc3c2ccn3S(=O)(=O)c2ccccc2)s1. The van der Waals surface area contributed by atoms with Crippen molar-refractivity contribution in [2.75, 3.05) is 0 Å². The molecular weight excluding hydrogens is 452 g/mol. The zero-order valence-electron chi connectivity index (χ0n) is 13.5. The van der Waals surface area contributed by atoms with E-state index in [-0.39, 0.29) is 15.4 Å². The minimum absolute atomic E-state index is 0.167. The highest BCUT2D eigenvalue weighted by Crippen LogP contribution is 2.40. The maximum Gasteiger partial charge on any atom is 0.345 e. The third kappa shape index (κ3) is 2.97. The number of aromatic nitrogens is 2. The van der Waals surface area contributed by atoms with Crippen LogP contribution in [0.1, 0.15) is 9.67 Å². The first-order valence-corrected chi connectivity index (χ1v) is 10.7. The molecule has 0 aliphatic rings. The molecule has 3 aromatic heterocycles. The van der Waals surface area contributed by atoms with Gasteiger partial charge in [0.25, 0.3) is 10.0 Å². The van der Waals surface area contributed by atoms with Crippen LogP contribution in [0.2, 0.25) is 0 Å². The molecule has 0 amide bonds. The smallest absolute Gasteiger partial charge is 0.345 e. The van der Waals surface area contributed by atoms with Gasteiger partial charge in [0.05, 0.1) is 9.77 Å². The third-order valence-electron chi connectivity index (χ3n) is 4.00. The maximum absolute atomic E-state index is 13.0. The van der Waals surface area contributed by atoms with Gasteiger partial charge in [-0.15, -0.1) is 11.3 Å². The highest BCUT2D eigenvalue weighted by Gasteiger charge is 2.22. The van der Waals surface area contributed by atoms with Crippen molar-refractivity contribution in [1.29, 1.82) is 0 Å². The Morgan fingerprint density at radius 3 is 2.56 bits per heavy atom. The van der Waals surface area contributed by atoms with Gasteiger partial charge in [0.2, 0.25) is 0 Å². The number of hydrogen-bond donors (Lipinski definition) is 1. The van der Waals surface area contributed by atoms with Gasteiger partial charge in [-0.3, -0.25) is 0 Å². The first-order chi connectivity index (χ1) is 12.9. The number of nitrogens with zero attached hydrogens (tertiary/aromatic N) is 2. The van der Waals surface area contributed by atoms with Crippen LogP contribution in [0, 0.1) is 0 Å². The van der Waals surface area contributed by atoms with Crippen molar-refractivity contribution in [3.05, 3.63) is 70.3 Å². The van der Waals surface area contributed by atoms with Crippen LogP contribution in [-0.2, 0) is 10.0 Å². The van der Waals surface area contributed by atoms with Crippen molar-refractivity contribution in [2.45, 2.75) is 4.90 Å². The van der Waals surface area contributed by atoms with Crippen LogP contribution in [0.3, 0.4) is 0 Å². The van der Waals surface area contributed by atoms with Crippen LogP contribution < -0.4 is 0 Å². The predicted octanol–water partition coefficient (Wildman–Crippen LogP) is 4.46. The number of pyridine rings is 1. The zero-order chi connectivity index (χ0) is 19.2. The highest BCUT2D eigenvalue weighted by atomic mass is 79.9. The minimum Gasteiger partial charge on any atom is -0.477 e. The molecule has 0 bridgehead atoms. The van der Waals surface area contributed by atoms with Crippen LogP contribution in [0.4, 0.5) is 0 Å². The Labute approximate surface area is 166 Å². The van der Waals surface area contributed by atoms with Gasteiger partial charge in [-0.1, -0.05) is 18.2 Å². The largest absolute Gasteiger partial charge is 0.477 e.